The summed E-state index contributed by atoms with van der Waals surface area (Å²) in [5, 5.41) is 0. The normalized spacial score (nSPS) is 21.0. The van der Waals surface area contributed by atoms with E-state index < -0.39 is 0 Å². The second-order valence-corrected chi connectivity index (χ2v) is 7.78. The smallest absolute Gasteiger partial charge is 0.0642 e. The fourth-order valence-electron chi connectivity index (χ4n) is 2.58. The number of ether oxygens (including phenoxy) is 1. The van der Waals surface area contributed by atoms with Crippen LogP contribution in [0.3, 0.4) is 0 Å². The molecule has 1 heterocycles. The maximum Gasteiger partial charge on any atom is 0.0642 e. The van der Waals surface area contributed by atoms with E-state index in [1.54, 1.807) is 0 Å². The lowest BCUT2D eigenvalue weighted by atomic mass is 9.86. The van der Waals surface area contributed by atoms with Gasteiger partial charge in [0.2, 0.25) is 0 Å². The molecule has 0 radical (unpaired) electrons. The van der Waals surface area contributed by atoms with Gasteiger partial charge in [-0.05, 0) is 58.5 Å². The molecule has 1 aliphatic heterocycles. The van der Waals surface area contributed by atoms with Crippen molar-refractivity contribution in [2.45, 2.75) is 78.9 Å². The summed E-state index contributed by atoms with van der Waals surface area (Å²) >= 11 is 0. The molecule has 1 saturated heterocycles. The summed E-state index contributed by atoms with van der Waals surface area (Å²) in [5.74, 6) is 0. The van der Waals surface area contributed by atoms with Crippen molar-refractivity contribution in [2.24, 2.45) is 5.41 Å². The topological polar surface area (TPSA) is 12.5 Å². The predicted molar refractivity (Wildman–Crippen MR) is 79.0 cm³/mol. The van der Waals surface area contributed by atoms with Crippen LogP contribution in [0.2, 0.25) is 0 Å². The maximum atomic E-state index is 6.27. The lowest BCUT2D eigenvalue weighted by molar-refractivity contribution is -0.110. The van der Waals surface area contributed by atoms with Gasteiger partial charge in [0.15, 0.2) is 0 Å². The zero-order chi connectivity index (χ0) is 13.8. The molecule has 0 amide bonds. The van der Waals surface area contributed by atoms with Crippen LogP contribution in [0.25, 0.3) is 0 Å². The van der Waals surface area contributed by atoms with Gasteiger partial charge in [0.05, 0.1) is 11.7 Å². The van der Waals surface area contributed by atoms with Crippen molar-refractivity contribution in [2.75, 3.05) is 19.6 Å². The summed E-state index contributed by atoms with van der Waals surface area (Å²) in [6.45, 7) is 17.1. The highest BCUT2D eigenvalue weighted by Gasteiger charge is 2.29. The number of rotatable bonds is 4. The molecule has 18 heavy (non-hydrogen) atoms. The van der Waals surface area contributed by atoms with Crippen LogP contribution >= 0.6 is 0 Å². The van der Waals surface area contributed by atoms with E-state index in [0.717, 1.165) is 6.42 Å². The van der Waals surface area contributed by atoms with E-state index >= 15 is 0 Å². The molecule has 0 aliphatic carbocycles. The zero-order valence-corrected chi connectivity index (χ0v) is 13.4. The molecule has 2 nitrogen and oxygen atoms in total. The molecule has 108 valence electrons. The second-order valence-electron chi connectivity index (χ2n) is 7.78. The predicted octanol–water partition coefficient (Wildman–Crippen LogP) is 4.09. The standard InChI is InChI=1S/C16H33NO/c1-15(2,3)14(18-16(4,5)6)10-13-17-11-8-7-9-12-17/h14H,7-13H2,1-6H3. The summed E-state index contributed by atoms with van der Waals surface area (Å²) < 4.78 is 6.27. The summed E-state index contributed by atoms with van der Waals surface area (Å²) in [5.41, 5.74) is 0.183. The fraction of sp³-hybridized carbons (Fsp3) is 1.00. The quantitative estimate of drug-likeness (QED) is 0.750. The highest BCUT2D eigenvalue weighted by atomic mass is 16.5. The van der Waals surface area contributed by atoms with Crippen LogP contribution in [0.4, 0.5) is 0 Å². The van der Waals surface area contributed by atoms with Gasteiger partial charge in [-0.3, -0.25) is 0 Å². The number of hydrogen-bond acceptors (Lipinski definition) is 2. The van der Waals surface area contributed by atoms with E-state index in [1.807, 2.05) is 0 Å². The average molecular weight is 255 g/mol. The highest BCUT2D eigenvalue weighted by molar-refractivity contribution is 4.79. The molecule has 0 saturated carbocycles. The van der Waals surface area contributed by atoms with E-state index in [9.17, 15) is 0 Å². The number of hydrogen-bond donors (Lipinski definition) is 0. The molecule has 1 aliphatic rings. The largest absolute Gasteiger partial charge is 0.372 e. The van der Waals surface area contributed by atoms with E-state index in [-0.39, 0.29) is 11.0 Å². The Balaban J connectivity index is 2.45. The molecule has 0 aromatic carbocycles. The molecule has 0 N–H and O–H groups in total. The van der Waals surface area contributed by atoms with Crippen molar-refractivity contribution in [3.63, 3.8) is 0 Å². The van der Waals surface area contributed by atoms with E-state index in [0.29, 0.717) is 6.10 Å². The lowest BCUT2D eigenvalue weighted by Crippen LogP contribution is -2.40. The van der Waals surface area contributed by atoms with Crippen molar-refractivity contribution in [1.29, 1.82) is 0 Å². The molecule has 1 fully saturated rings. The van der Waals surface area contributed by atoms with Crippen LogP contribution in [0.15, 0.2) is 0 Å². The van der Waals surface area contributed by atoms with E-state index in [4.69, 9.17) is 4.74 Å². The zero-order valence-electron chi connectivity index (χ0n) is 13.4. The molecule has 1 unspecified atom stereocenters. The van der Waals surface area contributed by atoms with Gasteiger partial charge in [0.25, 0.3) is 0 Å². The van der Waals surface area contributed by atoms with Crippen LogP contribution < -0.4 is 0 Å². The molecule has 1 rings (SSSR count). The Morgan fingerprint density at radius 2 is 1.50 bits per heavy atom. The summed E-state index contributed by atoms with van der Waals surface area (Å²) in [7, 11) is 0. The van der Waals surface area contributed by atoms with E-state index in [2.05, 4.69) is 46.4 Å². The Kier molecular flexibility index (Phi) is 5.67. The monoisotopic (exact) mass is 255 g/mol. The number of piperidine rings is 1. The first kappa shape index (κ1) is 16.0. The van der Waals surface area contributed by atoms with Crippen LogP contribution in [0, 0.1) is 5.41 Å². The summed E-state index contributed by atoms with van der Waals surface area (Å²) in [6, 6.07) is 0. The molecular formula is C16H33NO. The molecular weight excluding hydrogens is 222 g/mol. The van der Waals surface area contributed by atoms with Crippen molar-refractivity contribution in [3.05, 3.63) is 0 Å². The van der Waals surface area contributed by atoms with Gasteiger partial charge in [0, 0.05) is 6.54 Å². The SMILES string of the molecule is CC(C)(C)OC(CCN1CCCCC1)C(C)(C)C. The number of nitrogens with zero attached hydrogens (tertiary/aromatic N) is 1. The second kappa shape index (κ2) is 6.38. The minimum atomic E-state index is -0.0418. The van der Waals surface area contributed by atoms with E-state index in [1.165, 1.54) is 38.9 Å². The first-order chi connectivity index (χ1) is 8.18. The Morgan fingerprint density at radius 1 is 0.944 bits per heavy atom. The van der Waals surface area contributed by atoms with Gasteiger partial charge in [0.1, 0.15) is 0 Å². The third-order valence-electron chi connectivity index (χ3n) is 3.62. The first-order valence-electron chi connectivity index (χ1n) is 7.59. The van der Waals surface area contributed by atoms with Crippen LogP contribution in [-0.4, -0.2) is 36.2 Å². The Hall–Kier alpha value is -0.0800. The van der Waals surface area contributed by atoms with Crippen molar-refractivity contribution in [1.82, 2.24) is 4.90 Å². The third-order valence-corrected chi connectivity index (χ3v) is 3.62. The van der Waals surface area contributed by atoms with Gasteiger partial charge in [-0.25, -0.2) is 0 Å². The molecule has 0 bridgehead atoms. The van der Waals surface area contributed by atoms with Crippen molar-refractivity contribution in [3.8, 4) is 0 Å². The fourth-order valence-corrected chi connectivity index (χ4v) is 2.58. The first-order valence-corrected chi connectivity index (χ1v) is 7.59. The molecule has 0 aromatic heterocycles. The molecule has 2 heteroatoms. The minimum absolute atomic E-state index is 0.0418. The number of likely N-dealkylation sites (tertiary alicyclic amines) is 1. The van der Waals surface area contributed by atoms with Crippen molar-refractivity contribution < 1.29 is 4.74 Å². The Morgan fingerprint density at radius 3 is 1.94 bits per heavy atom. The van der Waals surface area contributed by atoms with Gasteiger partial charge in [-0.15, -0.1) is 0 Å². The maximum absolute atomic E-state index is 6.27. The molecule has 0 aromatic rings. The molecule has 0 spiro atoms. The lowest BCUT2D eigenvalue weighted by Gasteiger charge is -2.38. The highest BCUT2D eigenvalue weighted by Crippen LogP contribution is 2.29. The summed E-state index contributed by atoms with van der Waals surface area (Å²) in [6.07, 6.45) is 5.67. The van der Waals surface area contributed by atoms with Crippen LogP contribution in [0.5, 0.6) is 0 Å². The summed E-state index contributed by atoms with van der Waals surface area (Å²) in [4.78, 5) is 2.61. The van der Waals surface area contributed by atoms with Gasteiger partial charge >= 0.3 is 0 Å². The van der Waals surface area contributed by atoms with Gasteiger partial charge in [-0.2, -0.15) is 0 Å². The minimum Gasteiger partial charge on any atom is -0.372 e. The van der Waals surface area contributed by atoms with Crippen LogP contribution in [0.1, 0.15) is 67.2 Å². The Bertz CT molecular complexity index is 230. The molecule has 1 atom stereocenters. The third kappa shape index (κ3) is 6.19. The van der Waals surface area contributed by atoms with Gasteiger partial charge < -0.3 is 9.64 Å². The Labute approximate surface area is 114 Å². The van der Waals surface area contributed by atoms with Gasteiger partial charge in [-0.1, -0.05) is 27.2 Å². The van der Waals surface area contributed by atoms with Crippen molar-refractivity contribution >= 4 is 0 Å². The average Bonchev–Trinajstić information content (AvgIpc) is 2.22. The van der Waals surface area contributed by atoms with Crippen LogP contribution in [-0.2, 0) is 4.74 Å².